The molecule has 0 spiro atoms. The number of nitrogens with zero attached hydrogens (tertiary/aromatic N) is 2. The van der Waals surface area contributed by atoms with Gasteiger partial charge in [-0.3, -0.25) is 10.1 Å². The summed E-state index contributed by atoms with van der Waals surface area (Å²) in [5.74, 6) is -0.0631. The molecule has 1 rings (SSSR count). The second kappa shape index (κ2) is 4.32. The van der Waals surface area contributed by atoms with Gasteiger partial charge < -0.3 is 5.73 Å². The second-order valence-corrected chi connectivity index (χ2v) is 4.39. The van der Waals surface area contributed by atoms with Gasteiger partial charge in [0.25, 0.3) is 0 Å². The monoisotopic (exact) mass is 293 g/mol. The first-order valence-electron chi connectivity index (χ1n) is 4.15. The van der Waals surface area contributed by atoms with E-state index in [2.05, 4.69) is 20.9 Å². The molecule has 1 aromatic rings. The normalized spacial score (nSPS) is 10.7. The van der Waals surface area contributed by atoms with Crippen LogP contribution in [0, 0.1) is 10.1 Å². The highest BCUT2D eigenvalue weighted by Crippen LogP contribution is 2.39. The summed E-state index contributed by atoms with van der Waals surface area (Å²) in [4.78, 5) is 14.2. The summed E-state index contributed by atoms with van der Waals surface area (Å²) in [5, 5.41) is 10.8. The Bertz CT molecular complexity index is 423. The molecule has 1 aromatic heterocycles. The number of pyridine rings is 1. The van der Waals surface area contributed by atoms with Crippen LogP contribution in [0.3, 0.4) is 0 Å². The minimum atomic E-state index is -0.539. The summed E-state index contributed by atoms with van der Waals surface area (Å²) in [6.07, 6.45) is 0. The largest absolute Gasteiger partial charge is 0.391 e. The topological polar surface area (TPSA) is 82.0 Å². The Hall–Kier alpha value is -0.880. The zero-order valence-electron chi connectivity index (χ0n) is 8.12. The van der Waals surface area contributed by atoms with Crippen molar-refractivity contribution in [3.63, 3.8) is 0 Å². The molecule has 0 radical (unpaired) electrons. The summed E-state index contributed by atoms with van der Waals surface area (Å²) in [6, 6.07) is 0. The average molecular weight is 295 g/mol. The number of aromatic nitrogens is 1. The highest BCUT2D eigenvalue weighted by Gasteiger charge is 2.26. The maximum absolute atomic E-state index is 10.9. The number of halogens is 2. The van der Waals surface area contributed by atoms with Crippen LogP contribution in [0.5, 0.6) is 0 Å². The van der Waals surface area contributed by atoms with Gasteiger partial charge in [0.15, 0.2) is 5.15 Å². The van der Waals surface area contributed by atoms with Crippen molar-refractivity contribution in [2.75, 3.05) is 5.73 Å². The third kappa shape index (κ3) is 2.21. The van der Waals surface area contributed by atoms with Crippen molar-refractivity contribution in [3.05, 3.63) is 25.4 Å². The van der Waals surface area contributed by atoms with Gasteiger partial charge in [-0.05, 0) is 21.8 Å². The minimum Gasteiger partial charge on any atom is -0.391 e. The lowest BCUT2D eigenvalue weighted by molar-refractivity contribution is -0.384. The molecule has 5 nitrogen and oxygen atoms in total. The van der Waals surface area contributed by atoms with Crippen molar-refractivity contribution in [2.24, 2.45) is 0 Å². The van der Waals surface area contributed by atoms with Gasteiger partial charge in [0, 0.05) is 0 Å². The average Bonchev–Trinajstić information content (AvgIpc) is 2.09. The standard InChI is InChI=1S/C8H9BrClN3O2/c1-3(2)4-6(13(14)15)5(11)8(10)12-7(4)9/h3H,11H2,1-2H3. The number of hydrogen-bond donors (Lipinski definition) is 1. The number of hydrogen-bond acceptors (Lipinski definition) is 4. The number of nitrogens with two attached hydrogens (primary N) is 1. The quantitative estimate of drug-likeness (QED) is 0.516. The van der Waals surface area contributed by atoms with Crippen LogP contribution in [0.1, 0.15) is 25.3 Å². The number of nitro groups is 1. The Morgan fingerprint density at radius 2 is 2.13 bits per heavy atom. The first-order chi connectivity index (χ1) is 6.86. The minimum absolute atomic E-state index is 0.0574. The van der Waals surface area contributed by atoms with E-state index >= 15 is 0 Å². The molecule has 2 N–H and O–H groups in total. The van der Waals surface area contributed by atoms with Crippen LogP contribution in [-0.2, 0) is 0 Å². The molecule has 0 aromatic carbocycles. The van der Waals surface area contributed by atoms with Crippen LogP contribution in [-0.4, -0.2) is 9.91 Å². The summed E-state index contributed by atoms with van der Waals surface area (Å²) in [6.45, 7) is 3.64. The zero-order chi connectivity index (χ0) is 11.7. The molecule has 0 amide bonds. The van der Waals surface area contributed by atoms with E-state index in [1.807, 2.05) is 13.8 Å². The molecule has 0 aliphatic rings. The van der Waals surface area contributed by atoms with E-state index < -0.39 is 4.92 Å². The van der Waals surface area contributed by atoms with Crippen molar-refractivity contribution < 1.29 is 4.92 Å². The van der Waals surface area contributed by atoms with Gasteiger partial charge in [0.05, 0.1) is 10.5 Å². The van der Waals surface area contributed by atoms with E-state index in [1.165, 1.54) is 0 Å². The lowest BCUT2D eigenvalue weighted by Crippen LogP contribution is -2.05. The molecule has 0 atom stereocenters. The van der Waals surface area contributed by atoms with Gasteiger partial charge in [0.1, 0.15) is 10.3 Å². The fourth-order valence-electron chi connectivity index (χ4n) is 1.26. The van der Waals surface area contributed by atoms with Crippen molar-refractivity contribution in [3.8, 4) is 0 Å². The van der Waals surface area contributed by atoms with Gasteiger partial charge >= 0.3 is 5.69 Å². The lowest BCUT2D eigenvalue weighted by Gasteiger charge is -2.10. The van der Waals surface area contributed by atoms with E-state index in [-0.39, 0.29) is 22.4 Å². The summed E-state index contributed by atoms with van der Waals surface area (Å²) < 4.78 is 0.364. The molecule has 82 valence electrons. The molecule has 7 heteroatoms. The van der Waals surface area contributed by atoms with Crippen LogP contribution in [0.2, 0.25) is 5.15 Å². The second-order valence-electron chi connectivity index (χ2n) is 3.28. The van der Waals surface area contributed by atoms with Crippen LogP contribution in [0.4, 0.5) is 11.4 Å². The third-order valence-electron chi connectivity index (χ3n) is 1.91. The number of nitrogen functional groups attached to an aromatic ring is 1. The van der Waals surface area contributed by atoms with Crippen molar-refractivity contribution in [1.29, 1.82) is 0 Å². The molecular formula is C8H9BrClN3O2. The highest BCUT2D eigenvalue weighted by atomic mass is 79.9. The molecule has 0 bridgehead atoms. The maximum Gasteiger partial charge on any atom is 0.301 e. The predicted molar refractivity (Wildman–Crippen MR) is 62.1 cm³/mol. The van der Waals surface area contributed by atoms with E-state index in [0.29, 0.717) is 10.2 Å². The molecule has 0 aliphatic heterocycles. The van der Waals surface area contributed by atoms with Crippen molar-refractivity contribution in [2.45, 2.75) is 19.8 Å². The SMILES string of the molecule is CC(C)c1c(Br)nc(Cl)c(N)c1[N+](=O)[O-]. The predicted octanol–water partition coefficient (Wildman–Crippen LogP) is 3.11. The summed E-state index contributed by atoms with van der Waals surface area (Å²) in [5.41, 5.74) is 5.74. The third-order valence-corrected chi connectivity index (χ3v) is 2.80. The van der Waals surface area contributed by atoms with E-state index in [9.17, 15) is 10.1 Å². The van der Waals surface area contributed by atoms with Crippen molar-refractivity contribution in [1.82, 2.24) is 4.98 Å². The van der Waals surface area contributed by atoms with Gasteiger partial charge in [-0.25, -0.2) is 4.98 Å². The van der Waals surface area contributed by atoms with Crippen LogP contribution < -0.4 is 5.73 Å². The van der Waals surface area contributed by atoms with Crippen molar-refractivity contribution >= 4 is 38.9 Å². The molecule has 15 heavy (non-hydrogen) atoms. The van der Waals surface area contributed by atoms with Gasteiger partial charge in [-0.15, -0.1) is 0 Å². The number of rotatable bonds is 2. The van der Waals surface area contributed by atoms with Gasteiger partial charge in [0.2, 0.25) is 0 Å². The Balaban J connectivity index is 3.62. The first-order valence-corrected chi connectivity index (χ1v) is 5.32. The Labute approximate surface area is 99.9 Å². The molecular weight excluding hydrogens is 285 g/mol. The van der Waals surface area contributed by atoms with E-state index in [4.69, 9.17) is 17.3 Å². The molecule has 0 aliphatic carbocycles. The molecule has 0 fully saturated rings. The van der Waals surface area contributed by atoms with Gasteiger partial charge in [-0.2, -0.15) is 0 Å². The van der Waals surface area contributed by atoms with Crippen LogP contribution in [0.25, 0.3) is 0 Å². The Morgan fingerprint density at radius 1 is 1.60 bits per heavy atom. The summed E-state index contributed by atoms with van der Waals surface area (Å²) >= 11 is 8.81. The van der Waals surface area contributed by atoms with Gasteiger partial charge in [-0.1, -0.05) is 25.4 Å². The van der Waals surface area contributed by atoms with Crippen LogP contribution in [0.15, 0.2) is 4.60 Å². The Kier molecular flexibility index (Phi) is 3.51. The highest BCUT2D eigenvalue weighted by molar-refractivity contribution is 9.10. The smallest absolute Gasteiger partial charge is 0.301 e. The summed E-state index contributed by atoms with van der Waals surface area (Å²) in [7, 11) is 0. The molecule has 0 saturated heterocycles. The molecule has 1 heterocycles. The zero-order valence-corrected chi connectivity index (χ0v) is 10.5. The molecule has 0 saturated carbocycles. The number of anilines is 1. The van der Waals surface area contributed by atoms with E-state index in [1.54, 1.807) is 0 Å². The lowest BCUT2D eigenvalue weighted by atomic mass is 10.0. The fraction of sp³-hybridized carbons (Fsp3) is 0.375. The van der Waals surface area contributed by atoms with E-state index in [0.717, 1.165) is 0 Å². The van der Waals surface area contributed by atoms with Crippen LogP contribution >= 0.6 is 27.5 Å². The molecule has 0 unspecified atom stereocenters. The Morgan fingerprint density at radius 3 is 2.53 bits per heavy atom. The maximum atomic E-state index is 10.9. The fourth-order valence-corrected chi connectivity index (χ4v) is 2.35. The first kappa shape index (κ1) is 12.2.